The molecule has 0 spiro atoms. The second kappa shape index (κ2) is 5.64. The molecule has 22 heavy (non-hydrogen) atoms. The quantitative estimate of drug-likeness (QED) is 0.820. The monoisotopic (exact) mass is 403 g/mol. The Bertz CT molecular complexity index is 854. The lowest BCUT2D eigenvalue weighted by Gasteiger charge is -2.12. The van der Waals surface area contributed by atoms with Crippen LogP contribution in [-0.4, -0.2) is 20.1 Å². The van der Waals surface area contributed by atoms with E-state index in [-0.39, 0.29) is 16.3 Å². The zero-order valence-electron chi connectivity index (χ0n) is 11.1. The average Bonchev–Trinajstić information content (AvgIpc) is 2.89. The highest BCUT2D eigenvalue weighted by Crippen LogP contribution is 2.37. The number of benzene rings is 2. The van der Waals surface area contributed by atoms with Crippen LogP contribution >= 0.6 is 27.5 Å². The summed E-state index contributed by atoms with van der Waals surface area (Å²) >= 11 is 9.13. The van der Waals surface area contributed by atoms with E-state index >= 15 is 0 Å². The molecule has 2 N–H and O–H groups in total. The van der Waals surface area contributed by atoms with Crippen molar-refractivity contribution in [3.63, 3.8) is 0 Å². The van der Waals surface area contributed by atoms with Gasteiger partial charge in [0.2, 0.25) is 0 Å². The van der Waals surface area contributed by atoms with Crippen LogP contribution in [0.15, 0.2) is 39.7 Å². The summed E-state index contributed by atoms with van der Waals surface area (Å²) < 4.78 is 33.4. The van der Waals surface area contributed by atoms with Crippen molar-refractivity contribution in [3.8, 4) is 11.5 Å². The molecular weight excluding hydrogens is 394 g/mol. The number of phenols is 1. The summed E-state index contributed by atoms with van der Waals surface area (Å²) in [6.07, 6.45) is 0.623. The fourth-order valence-corrected chi connectivity index (χ4v) is 4.04. The van der Waals surface area contributed by atoms with Gasteiger partial charge in [0.05, 0.1) is 16.8 Å². The second-order valence-electron chi connectivity index (χ2n) is 4.76. The van der Waals surface area contributed by atoms with Gasteiger partial charge < -0.3 is 9.84 Å². The molecule has 0 bridgehead atoms. The molecule has 1 aliphatic rings. The third kappa shape index (κ3) is 2.88. The highest BCUT2D eigenvalue weighted by molar-refractivity contribution is 9.10. The first-order valence-electron chi connectivity index (χ1n) is 6.33. The predicted molar refractivity (Wildman–Crippen MR) is 87.3 cm³/mol. The van der Waals surface area contributed by atoms with E-state index in [2.05, 4.69) is 20.7 Å². The van der Waals surface area contributed by atoms with Crippen molar-refractivity contribution in [2.45, 2.75) is 11.3 Å². The molecule has 2 aromatic rings. The second-order valence-corrected chi connectivity index (χ2v) is 7.70. The lowest BCUT2D eigenvalue weighted by molar-refractivity contribution is 0.348. The van der Waals surface area contributed by atoms with Gasteiger partial charge >= 0.3 is 0 Å². The number of nitrogens with one attached hydrogen (secondary N) is 1. The van der Waals surface area contributed by atoms with E-state index in [1.807, 2.05) is 0 Å². The van der Waals surface area contributed by atoms with Gasteiger partial charge in [-0.05, 0) is 40.2 Å². The van der Waals surface area contributed by atoms with Gasteiger partial charge in [-0.25, -0.2) is 8.42 Å². The van der Waals surface area contributed by atoms with Crippen LogP contribution in [0.4, 0.5) is 5.69 Å². The molecule has 0 amide bonds. The Labute approximate surface area is 141 Å². The Morgan fingerprint density at radius 1 is 1.27 bits per heavy atom. The molecule has 8 heteroatoms. The van der Waals surface area contributed by atoms with Crippen molar-refractivity contribution < 1.29 is 18.3 Å². The number of phenolic OH excluding ortho intramolecular Hbond substituents is 1. The van der Waals surface area contributed by atoms with Crippen molar-refractivity contribution in [3.05, 3.63) is 45.4 Å². The van der Waals surface area contributed by atoms with Gasteiger partial charge in [-0.2, -0.15) is 0 Å². The van der Waals surface area contributed by atoms with E-state index in [1.165, 1.54) is 18.2 Å². The van der Waals surface area contributed by atoms with E-state index in [4.69, 9.17) is 16.3 Å². The number of ether oxygens (including phenoxy) is 1. The molecular formula is C14H11BrClNO4S. The molecule has 0 saturated carbocycles. The number of hydrogen-bond acceptors (Lipinski definition) is 4. The van der Waals surface area contributed by atoms with Crippen LogP contribution in [0.5, 0.6) is 11.5 Å². The van der Waals surface area contributed by atoms with Crippen molar-refractivity contribution in [2.75, 3.05) is 11.3 Å². The maximum Gasteiger partial charge on any atom is 0.265 e. The average molecular weight is 405 g/mol. The van der Waals surface area contributed by atoms with Gasteiger partial charge in [-0.15, -0.1) is 0 Å². The molecule has 0 unspecified atom stereocenters. The summed E-state index contributed by atoms with van der Waals surface area (Å²) in [5, 5.41) is 9.98. The lowest BCUT2D eigenvalue weighted by atomic mass is 10.2. The number of halogens is 2. The first kappa shape index (κ1) is 15.5. The molecule has 3 rings (SSSR count). The Kier molecular flexibility index (Phi) is 3.96. The highest BCUT2D eigenvalue weighted by Gasteiger charge is 2.26. The molecule has 2 aromatic carbocycles. The third-order valence-electron chi connectivity index (χ3n) is 3.20. The summed E-state index contributed by atoms with van der Waals surface area (Å²) in [5.41, 5.74) is 1.01. The maximum atomic E-state index is 12.6. The van der Waals surface area contributed by atoms with Gasteiger partial charge in [0, 0.05) is 23.1 Å². The van der Waals surface area contributed by atoms with Gasteiger partial charge in [0.15, 0.2) is 0 Å². The van der Waals surface area contributed by atoms with Crippen molar-refractivity contribution in [2.24, 2.45) is 0 Å². The highest BCUT2D eigenvalue weighted by atomic mass is 79.9. The van der Waals surface area contributed by atoms with E-state index in [0.29, 0.717) is 28.3 Å². The molecule has 116 valence electrons. The molecule has 0 aromatic heterocycles. The van der Waals surface area contributed by atoms with Gasteiger partial charge in [0.25, 0.3) is 10.0 Å². The van der Waals surface area contributed by atoms with Crippen LogP contribution in [0.3, 0.4) is 0 Å². The maximum absolute atomic E-state index is 12.6. The molecule has 0 atom stereocenters. The minimum Gasteiger partial charge on any atom is -0.507 e. The molecule has 5 nitrogen and oxygen atoms in total. The molecule has 0 aliphatic carbocycles. The summed E-state index contributed by atoms with van der Waals surface area (Å²) in [5.74, 6) is 0.269. The number of anilines is 1. The summed E-state index contributed by atoms with van der Waals surface area (Å²) in [6.45, 7) is 0.428. The Morgan fingerprint density at radius 3 is 2.77 bits per heavy atom. The van der Waals surface area contributed by atoms with Crippen LogP contribution in [-0.2, 0) is 16.4 Å². The van der Waals surface area contributed by atoms with E-state index < -0.39 is 10.0 Å². The van der Waals surface area contributed by atoms with E-state index in [9.17, 15) is 13.5 Å². The predicted octanol–water partition coefficient (Wildman–Crippen LogP) is 3.54. The first-order valence-corrected chi connectivity index (χ1v) is 8.99. The topological polar surface area (TPSA) is 75.6 Å². The number of hydrogen-bond donors (Lipinski definition) is 2. The van der Waals surface area contributed by atoms with Crippen LogP contribution in [0.1, 0.15) is 5.56 Å². The zero-order valence-corrected chi connectivity index (χ0v) is 14.3. The van der Waals surface area contributed by atoms with Crippen molar-refractivity contribution in [1.29, 1.82) is 0 Å². The molecule has 0 fully saturated rings. The summed E-state index contributed by atoms with van der Waals surface area (Å²) in [4.78, 5) is -0.00471. The molecule has 1 aliphatic heterocycles. The largest absolute Gasteiger partial charge is 0.507 e. The first-order chi connectivity index (χ1) is 10.4. The normalized spacial score (nSPS) is 13.5. The molecule has 1 heterocycles. The minimum absolute atomic E-state index is 0.00471. The van der Waals surface area contributed by atoms with Crippen LogP contribution in [0.2, 0.25) is 5.02 Å². The van der Waals surface area contributed by atoms with Crippen LogP contribution in [0, 0.1) is 0 Å². The fraction of sp³-hybridized carbons (Fsp3) is 0.143. The number of rotatable bonds is 3. The van der Waals surface area contributed by atoms with Gasteiger partial charge in [-0.3, -0.25) is 4.72 Å². The minimum atomic E-state index is -3.88. The van der Waals surface area contributed by atoms with Gasteiger partial charge in [0.1, 0.15) is 16.4 Å². The SMILES string of the molecule is O=S(=O)(Nc1ccc(Br)c(O)c1)c1cc(Cl)cc2c1OCC2. The van der Waals surface area contributed by atoms with E-state index in [1.54, 1.807) is 12.1 Å². The summed E-state index contributed by atoms with van der Waals surface area (Å²) in [6, 6.07) is 7.45. The number of sulfonamides is 1. The smallest absolute Gasteiger partial charge is 0.265 e. The summed E-state index contributed by atoms with van der Waals surface area (Å²) in [7, 11) is -3.88. The van der Waals surface area contributed by atoms with Crippen molar-refractivity contribution >= 4 is 43.2 Å². The third-order valence-corrected chi connectivity index (χ3v) is 5.48. The zero-order chi connectivity index (χ0) is 15.9. The number of fused-ring (bicyclic) bond motifs is 1. The Hall–Kier alpha value is -1.44. The van der Waals surface area contributed by atoms with Crippen LogP contribution in [0.25, 0.3) is 0 Å². The fourth-order valence-electron chi connectivity index (χ4n) is 2.22. The van der Waals surface area contributed by atoms with E-state index in [0.717, 1.165) is 5.56 Å². The Morgan fingerprint density at radius 2 is 2.05 bits per heavy atom. The standard InChI is InChI=1S/C14H11BrClNO4S/c15-11-2-1-10(7-12(11)18)17-22(19,20)13-6-9(16)5-8-3-4-21-14(8)13/h1-2,5-7,17-18H,3-4H2. The lowest BCUT2D eigenvalue weighted by Crippen LogP contribution is -2.14. The van der Waals surface area contributed by atoms with Crippen LogP contribution < -0.4 is 9.46 Å². The molecule has 0 radical (unpaired) electrons. The molecule has 0 saturated heterocycles. The van der Waals surface area contributed by atoms with Gasteiger partial charge in [-0.1, -0.05) is 11.6 Å². The number of aromatic hydroxyl groups is 1. The Balaban J connectivity index is 2.02. The van der Waals surface area contributed by atoms with Crippen molar-refractivity contribution in [1.82, 2.24) is 0 Å².